The molecule has 0 spiro atoms. The zero-order chi connectivity index (χ0) is 18.6. The number of rotatable bonds is 6. The first-order valence-electron chi connectivity index (χ1n) is 8.90. The summed E-state index contributed by atoms with van der Waals surface area (Å²) in [4.78, 5) is 13.7. The van der Waals surface area contributed by atoms with Crippen LogP contribution >= 0.6 is 0 Å². The van der Waals surface area contributed by atoms with E-state index in [9.17, 15) is 13.2 Å². The van der Waals surface area contributed by atoms with Crippen molar-refractivity contribution in [2.24, 2.45) is 0 Å². The Kier molecular flexibility index (Phi) is 6.13. The topological polar surface area (TPSA) is 89.4 Å². The number of methoxy groups -OCH3 is 1. The minimum atomic E-state index is -3.63. The predicted molar refractivity (Wildman–Crippen MR) is 96.0 cm³/mol. The van der Waals surface area contributed by atoms with Crippen molar-refractivity contribution >= 4 is 21.6 Å². The third-order valence-electron chi connectivity index (χ3n) is 4.77. The normalized spacial score (nSPS) is 19.4. The fourth-order valence-corrected chi connectivity index (χ4v) is 4.79. The Morgan fingerprint density at radius 2 is 1.96 bits per heavy atom. The Hall–Kier alpha value is -1.68. The molecule has 1 amide bonds. The third-order valence-corrected chi connectivity index (χ3v) is 6.67. The van der Waals surface area contributed by atoms with Gasteiger partial charge in [0.25, 0.3) is 5.91 Å². The number of anilines is 1. The molecule has 2 heterocycles. The molecule has 2 N–H and O–H groups in total. The van der Waals surface area contributed by atoms with Gasteiger partial charge in [-0.15, -0.1) is 0 Å². The highest BCUT2D eigenvalue weighted by molar-refractivity contribution is 7.89. The van der Waals surface area contributed by atoms with E-state index in [1.165, 1.54) is 28.4 Å². The van der Waals surface area contributed by atoms with E-state index in [0.29, 0.717) is 44.3 Å². The van der Waals surface area contributed by atoms with Crippen molar-refractivity contribution in [3.63, 3.8) is 0 Å². The summed E-state index contributed by atoms with van der Waals surface area (Å²) in [7, 11) is -2.13. The first-order chi connectivity index (χ1) is 12.5. The molecule has 0 unspecified atom stereocenters. The van der Waals surface area contributed by atoms with Crippen LogP contribution in [0.4, 0.5) is 5.69 Å². The van der Waals surface area contributed by atoms with Crippen molar-refractivity contribution in [3.8, 4) is 5.75 Å². The van der Waals surface area contributed by atoms with E-state index >= 15 is 0 Å². The van der Waals surface area contributed by atoms with Crippen LogP contribution in [0, 0.1) is 0 Å². The van der Waals surface area contributed by atoms with Crippen LogP contribution in [0.3, 0.4) is 0 Å². The van der Waals surface area contributed by atoms with Crippen molar-refractivity contribution in [3.05, 3.63) is 18.2 Å². The van der Waals surface area contributed by atoms with Gasteiger partial charge in [0.2, 0.25) is 10.0 Å². The Balaban J connectivity index is 1.78. The predicted octanol–water partition coefficient (Wildman–Crippen LogP) is -0.667. The summed E-state index contributed by atoms with van der Waals surface area (Å²) in [6, 6.07) is 4.55. The SMILES string of the molecule is COc1ccc(S(=O)(=O)N2CCOCC2)cc1NC(=O)C[NH+]1CCCC1. The number of morpholine rings is 1. The number of likely N-dealkylation sites (tertiary alicyclic amines) is 1. The fourth-order valence-electron chi connectivity index (χ4n) is 3.35. The van der Waals surface area contributed by atoms with Crippen molar-refractivity contribution in [1.82, 2.24) is 4.31 Å². The summed E-state index contributed by atoms with van der Waals surface area (Å²) in [6.07, 6.45) is 2.28. The molecule has 8 nitrogen and oxygen atoms in total. The highest BCUT2D eigenvalue weighted by Crippen LogP contribution is 2.29. The second-order valence-electron chi connectivity index (χ2n) is 6.56. The number of nitrogens with zero attached hydrogens (tertiary/aromatic N) is 1. The molecule has 3 rings (SSSR count). The second kappa shape index (κ2) is 8.34. The van der Waals surface area contributed by atoms with Crippen LogP contribution in [0.15, 0.2) is 23.1 Å². The Morgan fingerprint density at radius 1 is 1.27 bits per heavy atom. The lowest BCUT2D eigenvalue weighted by Gasteiger charge is -2.26. The van der Waals surface area contributed by atoms with Gasteiger partial charge < -0.3 is 19.7 Å². The molecule has 0 aromatic heterocycles. The van der Waals surface area contributed by atoms with Crippen molar-refractivity contribution < 1.29 is 27.6 Å². The van der Waals surface area contributed by atoms with Gasteiger partial charge in [0.15, 0.2) is 6.54 Å². The van der Waals surface area contributed by atoms with Crippen molar-refractivity contribution in [2.45, 2.75) is 17.7 Å². The van der Waals surface area contributed by atoms with Gasteiger partial charge in [-0.2, -0.15) is 4.31 Å². The van der Waals surface area contributed by atoms with Crippen LogP contribution in [0.25, 0.3) is 0 Å². The number of hydrogen-bond acceptors (Lipinski definition) is 5. The smallest absolute Gasteiger partial charge is 0.279 e. The maximum atomic E-state index is 12.8. The highest BCUT2D eigenvalue weighted by atomic mass is 32.2. The molecular weight excluding hydrogens is 358 g/mol. The number of sulfonamides is 1. The van der Waals surface area contributed by atoms with E-state index in [1.807, 2.05) is 0 Å². The molecule has 0 atom stereocenters. The molecule has 0 saturated carbocycles. The molecule has 2 aliphatic rings. The lowest BCUT2D eigenvalue weighted by molar-refractivity contribution is -0.878. The number of carbonyl (C=O) groups is 1. The molecular formula is C17H26N3O5S+. The highest BCUT2D eigenvalue weighted by Gasteiger charge is 2.27. The van der Waals surface area contributed by atoms with Gasteiger partial charge in [-0.3, -0.25) is 4.79 Å². The molecule has 144 valence electrons. The summed E-state index contributed by atoms with van der Waals surface area (Å²) in [6.45, 7) is 3.80. The van der Waals surface area contributed by atoms with E-state index in [-0.39, 0.29) is 10.8 Å². The minimum Gasteiger partial charge on any atom is -0.495 e. The standard InChI is InChI=1S/C17H25N3O5S/c1-24-16-5-4-14(26(22,23)20-8-10-25-11-9-20)12-15(16)18-17(21)13-19-6-2-3-7-19/h4-5,12H,2-3,6-11,13H2,1H3,(H,18,21)/p+1. The molecule has 2 saturated heterocycles. The Labute approximate surface area is 154 Å². The first-order valence-corrected chi connectivity index (χ1v) is 10.3. The number of ether oxygens (including phenoxy) is 2. The lowest BCUT2D eigenvalue weighted by Crippen LogP contribution is -3.11. The zero-order valence-corrected chi connectivity index (χ0v) is 15.8. The van der Waals surface area contributed by atoms with Gasteiger partial charge in [0, 0.05) is 25.9 Å². The number of amides is 1. The monoisotopic (exact) mass is 384 g/mol. The summed E-state index contributed by atoms with van der Waals surface area (Å²) in [5, 5.41) is 2.81. The zero-order valence-electron chi connectivity index (χ0n) is 15.0. The van der Waals surface area contributed by atoms with Gasteiger partial charge in [0.1, 0.15) is 5.75 Å². The quantitative estimate of drug-likeness (QED) is 0.679. The molecule has 0 radical (unpaired) electrons. The van der Waals surface area contributed by atoms with Crippen molar-refractivity contribution in [2.75, 3.05) is 58.4 Å². The van der Waals surface area contributed by atoms with Crippen LogP contribution in [0.1, 0.15) is 12.8 Å². The number of hydrogen-bond donors (Lipinski definition) is 2. The molecule has 26 heavy (non-hydrogen) atoms. The van der Waals surface area contributed by atoms with E-state index in [4.69, 9.17) is 9.47 Å². The van der Waals surface area contributed by atoms with Crippen LogP contribution in [0.5, 0.6) is 5.75 Å². The van der Waals surface area contributed by atoms with Crippen LogP contribution in [-0.4, -0.2) is 71.7 Å². The van der Waals surface area contributed by atoms with E-state index in [1.54, 1.807) is 6.07 Å². The average molecular weight is 384 g/mol. The van der Waals surface area contributed by atoms with Gasteiger partial charge in [-0.1, -0.05) is 0 Å². The van der Waals surface area contributed by atoms with E-state index < -0.39 is 10.0 Å². The van der Waals surface area contributed by atoms with Crippen LogP contribution in [-0.2, 0) is 19.6 Å². The largest absolute Gasteiger partial charge is 0.495 e. The Morgan fingerprint density at radius 3 is 2.62 bits per heavy atom. The number of benzene rings is 1. The second-order valence-corrected chi connectivity index (χ2v) is 8.50. The molecule has 2 aliphatic heterocycles. The maximum absolute atomic E-state index is 12.8. The van der Waals surface area contributed by atoms with Gasteiger partial charge >= 0.3 is 0 Å². The summed E-state index contributed by atoms with van der Waals surface area (Å²) < 4.78 is 37.5. The summed E-state index contributed by atoms with van der Waals surface area (Å²) in [5.74, 6) is 0.303. The molecule has 0 aliphatic carbocycles. The van der Waals surface area contributed by atoms with Gasteiger partial charge in [0.05, 0.1) is 44.0 Å². The number of nitrogens with one attached hydrogen (secondary N) is 2. The molecule has 1 aromatic carbocycles. The number of carbonyl (C=O) groups excluding carboxylic acids is 1. The van der Waals surface area contributed by atoms with Crippen LogP contribution < -0.4 is 15.0 Å². The van der Waals surface area contributed by atoms with Crippen LogP contribution in [0.2, 0.25) is 0 Å². The van der Waals surface area contributed by atoms with Gasteiger partial charge in [-0.05, 0) is 18.2 Å². The van der Waals surface area contributed by atoms with Gasteiger partial charge in [-0.25, -0.2) is 8.42 Å². The minimum absolute atomic E-state index is 0.138. The lowest BCUT2D eigenvalue weighted by atomic mass is 10.3. The Bertz CT molecular complexity index is 741. The van der Waals surface area contributed by atoms with Crippen molar-refractivity contribution in [1.29, 1.82) is 0 Å². The fraction of sp³-hybridized carbons (Fsp3) is 0.588. The number of quaternary nitrogens is 1. The molecule has 0 bridgehead atoms. The first kappa shape index (κ1) is 19.1. The molecule has 2 fully saturated rings. The molecule has 1 aromatic rings. The third kappa shape index (κ3) is 4.35. The average Bonchev–Trinajstić information content (AvgIpc) is 3.15. The molecule has 9 heteroatoms. The van der Waals surface area contributed by atoms with E-state index in [2.05, 4.69) is 5.32 Å². The summed E-state index contributed by atoms with van der Waals surface area (Å²) >= 11 is 0. The van der Waals surface area contributed by atoms with E-state index in [0.717, 1.165) is 25.9 Å². The maximum Gasteiger partial charge on any atom is 0.279 e. The summed E-state index contributed by atoms with van der Waals surface area (Å²) in [5.41, 5.74) is 0.380.